The van der Waals surface area contributed by atoms with Gasteiger partial charge in [-0.15, -0.1) is 0 Å². The molecule has 10 heteroatoms. The van der Waals surface area contributed by atoms with Crippen molar-refractivity contribution in [2.24, 2.45) is 0 Å². The van der Waals surface area contributed by atoms with Gasteiger partial charge in [-0.25, -0.2) is 4.28 Å². The van der Waals surface area contributed by atoms with E-state index in [1.54, 1.807) is 0 Å². The first kappa shape index (κ1) is 16.8. The van der Waals surface area contributed by atoms with Crippen molar-refractivity contribution in [1.29, 1.82) is 0 Å². The lowest BCUT2D eigenvalue weighted by molar-refractivity contribution is -0.835. The van der Waals surface area contributed by atoms with E-state index in [0.29, 0.717) is 10.5 Å². The Kier molecular flexibility index (Phi) is 4.86. The molecule has 0 aliphatic heterocycles. The zero-order valence-electron chi connectivity index (χ0n) is 12.4. The fraction of sp³-hybridized carbons (Fsp3) is 0.231. The lowest BCUT2D eigenvalue weighted by Crippen LogP contribution is -2.50. The van der Waals surface area contributed by atoms with Crippen molar-refractivity contribution in [3.05, 3.63) is 42.0 Å². The summed E-state index contributed by atoms with van der Waals surface area (Å²) in [5, 5.41) is 3.11. The van der Waals surface area contributed by atoms with Crippen LogP contribution in [0.3, 0.4) is 0 Å². The second kappa shape index (κ2) is 6.67. The Morgan fingerprint density at radius 2 is 2.00 bits per heavy atom. The first-order valence-corrected chi connectivity index (χ1v) is 8.07. The zero-order chi connectivity index (χ0) is 17.0. The SMILES string of the molecule is CC(Cc1ccccc1)Nc1cc(N)[n+](OS(=O)(=O)O)c(N)n1. The molecule has 0 bridgehead atoms. The van der Waals surface area contributed by atoms with Crippen LogP contribution in [0.25, 0.3) is 0 Å². The number of benzene rings is 1. The maximum absolute atomic E-state index is 10.7. The third kappa shape index (κ3) is 4.97. The van der Waals surface area contributed by atoms with Gasteiger partial charge in [0.2, 0.25) is 5.82 Å². The molecular formula is C13H18N5O4S+. The molecule has 1 unspecified atom stereocenters. The van der Waals surface area contributed by atoms with Gasteiger partial charge in [0.05, 0.1) is 6.07 Å². The van der Waals surface area contributed by atoms with E-state index in [0.717, 1.165) is 12.0 Å². The Morgan fingerprint density at radius 1 is 1.35 bits per heavy atom. The predicted octanol–water partition coefficient (Wildman–Crippen LogP) is -0.192. The van der Waals surface area contributed by atoms with Crippen molar-refractivity contribution in [3.63, 3.8) is 0 Å². The van der Waals surface area contributed by atoms with Crippen molar-refractivity contribution in [2.75, 3.05) is 16.8 Å². The van der Waals surface area contributed by atoms with Crippen LogP contribution in [-0.2, 0) is 16.8 Å². The monoisotopic (exact) mass is 340 g/mol. The van der Waals surface area contributed by atoms with E-state index in [-0.39, 0.29) is 17.8 Å². The van der Waals surface area contributed by atoms with Gasteiger partial charge >= 0.3 is 16.3 Å². The van der Waals surface area contributed by atoms with Crippen molar-refractivity contribution in [3.8, 4) is 0 Å². The molecule has 0 spiro atoms. The van der Waals surface area contributed by atoms with Gasteiger partial charge < -0.3 is 16.8 Å². The summed E-state index contributed by atoms with van der Waals surface area (Å²) in [6.45, 7) is 1.96. The highest BCUT2D eigenvalue weighted by atomic mass is 32.3. The number of anilines is 3. The van der Waals surface area contributed by atoms with Crippen LogP contribution in [0.4, 0.5) is 17.6 Å². The van der Waals surface area contributed by atoms with Crippen molar-refractivity contribution in [1.82, 2.24) is 4.98 Å². The van der Waals surface area contributed by atoms with Gasteiger partial charge in [-0.3, -0.25) is 4.55 Å². The van der Waals surface area contributed by atoms with Gasteiger partial charge in [0.1, 0.15) is 0 Å². The molecular weight excluding hydrogens is 322 g/mol. The largest absolute Gasteiger partial charge is 0.474 e. The number of hydrogen-bond donors (Lipinski definition) is 4. The van der Waals surface area contributed by atoms with Gasteiger partial charge in [0, 0.05) is 6.04 Å². The Hall–Kier alpha value is -2.59. The Bertz CT molecular complexity index is 759. The summed E-state index contributed by atoms with van der Waals surface area (Å²) in [6.07, 6.45) is 0.749. The average Bonchev–Trinajstić information content (AvgIpc) is 2.43. The molecule has 1 aromatic heterocycles. The third-order valence-electron chi connectivity index (χ3n) is 2.91. The fourth-order valence-corrected chi connectivity index (χ4v) is 2.40. The molecule has 124 valence electrons. The topological polar surface area (TPSA) is 144 Å². The minimum absolute atomic E-state index is 0.0297. The minimum Gasteiger partial charge on any atom is -0.357 e. The van der Waals surface area contributed by atoms with Gasteiger partial charge in [-0.1, -0.05) is 35.3 Å². The summed E-state index contributed by atoms with van der Waals surface area (Å²) in [6, 6.07) is 11.2. The highest BCUT2D eigenvalue weighted by molar-refractivity contribution is 7.80. The van der Waals surface area contributed by atoms with Crippen LogP contribution in [0.2, 0.25) is 0 Å². The van der Waals surface area contributed by atoms with E-state index >= 15 is 0 Å². The van der Waals surface area contributed by atoms with Crippen LogP contribution in [0.1, 0.15) is 12.5 Å². The molecule has 6 N–H and O–H groups in total. The zero-order valence-corrected chi connectivity index (χ0v) is 13.2. The molecule has 0 radical (unpaired) electrons. The van der Waals surface area contributed by atoms with Gasteiger partial charge in [0.15, 0.2) is 5.82 Å². The van der Waals surface area contributed by atoms with Gasteiger partial charge in [0.25, 0.3) is 0 Å². The molecule has 1 aromatic carbocycles. The minimum atomic E-state index is -4.76. The molecule has 0 aliphatic rings. The molecule has 0 aliphatic carbocycles. The van der Waals surface area contributed by atoms with Crippen LogP contribution >= 0.6 is 0 Å². The average molecular weight is 340 g/mol. The fourth-order valence-electron chi connectivity index (χ4n) is 2.05. The summed E-state index contributed by atoms with van der Waals surface area (Å²) in [5.41, 5.74) is 12.4. The number of hydrogen-bond acceptors (Lipinski definition) is 7. The highest BCUT2D eigenvalue weighted by Crippen LogP contribution is 2.11. The summed E-state index contributed by atoms with van der Waals surface area (Å²) in [4.78, 5) is 3.95. The van der Waals surface area contributed by atoms with Crippen molar-refractivity contribution >= 4 is 28.0 Å². The summed E-state index contributed by atoms with van der Waals surface area (Å²) in [5.74, 6) is -0.0970. The van der Waals surface area contributed by atoms with E-state index < -0.39 is 10.4 Å². The number of nitrogen functional groups attached to an aromatic ring is 2. The molecule has 23 heavy (non-hydrogen) atoms. The van der Waals surface area contributed by atoms with E-state index in [1.165, 1.54) is 6.07 Å². The van der Waals surface area contributed by atoms with Gasteiger partial charge in [-0.05, 0) is 23.6 Å². The van der Waals surface area contributed by atoms with E-state index in [1.807, 2.05) is 37.3 Å². The lowest BCUT2D eigenvalue weighted by atomic mass is 10.1. The molecule has 2 rings (SSSR count). The second-order valence-corrected chi connectivity index (χ2v) is 5.96. The number of nitrogens with zero attached hydrogens (tertiary/aromatic N) is 2. The number of rotatable bonds is 6. The lowest BCUT2D eigenvalue weighted by Gasteiger charge is -2.14. The van der Waals surface area contributed by atoms with Crippen LogP contribution < -0.4 is 25.8 Å². The van der Waals surface area contributed by atoms with Crippen molar-refractivity contribution in [2.45, 2.75) is 19.4 Å². The predicted molar refractivity (Wildman–Crippen MR) is 84.6 cm³/mol. The molecule has 1 atom stereocenters. The van der Waals surface area contributed by atoms with E-state index in [2.05, 4.69) is 14.6 Å². The van der Waals surface area contributed by atoms with Gasteiger partial charge in [-0.2, -0.15) is 8.42 Å². The standard InChI is InChI=1S/C13H17N5O4S/c1-9(7-10-5-3-2-4-6-10)16-12-8-11(14)18(13(15)17-12)22-23(19,20)21/h2-6,8-9H,7H2,1H3,(H5,14,15,16,17,19,20,21)/p+1. The maximum atomic E-state index is 10.7. The molecule has 9 nitrogen and oxygen atoms in total. The molecule has 0 saturated carbocycles. The first-order valence-electron chi connectivity index (χ1n) is 6.70. The van der Waals surface area contributed by atoms with Crippen LogP contribution in [0.15, 0.2) is 36.4 Å². The maximum Gasteiger partial charge on any atom is 0.474 e. The molecule has 0 saturated heterocycles. The third-order valence-corrected chi connectivity index (χ3v) is 3.25. The van der Waals surface area contributed by atoms with E-state index in [4.69, 9.17) is 16.0 Å². The number of nitrogens with one attached hydrogen (secondary N) is 1. The van der Waals surface area contributed by atoms with Crippen LogP contribution in [-0.4, -0.2) is 24.0 Å². The molecule has 2 aromatic rings. The molecule has 0 amide bonds. The van der Waals surface area contributed by atoms with Crippen LogP contribution in [0, 0.1) is 0 Å². The highest BCUT2D eigenvalue weighted by Gasteiger charge is 2.20. The second-order valence-electron chi connectivity index (χ2n) is 4.96. The molecule has 1 heterocycles. The Morgan fingerprint density at radius 3 is 2.57 bits per heavy atom. The first-order chi connectivity index (χ1) is 10.7. The normalized spacial score (nSPS) is 12.6. The number of nitrogens with two attached hydrogens (primary N) is 2. The quantitative estimate of drug-likeness (QED) is 0.418. The number of aromatic nitrogens is 2. The van der Waals surface area contributed by atoms with E-state index in [9.17, 15) is 8.42 Å². The Labute approximate surface area is 133 Å². The smallest absolute Gasteiger partial charge is 0.357 e. The summed E-state index contributed by atoms with van der Waals surface area (Å²) in [7, 11) is -4.76. The summed E-state index contributed by atoms with van der Waals surface area (Å²) >= 11 is 0. The Balaban J connectivity index is 2.12. The van der Waals surface area contributed by atoms with Crippen molar-refractivity contribution < 1.29 is 22.0 Å². The summed E-state index contributed by atoms with van der Waals surface area (Å²) < 4.78 is 34.9. The van der Waals surface area contributed by atoms with Crippen LogP contribution in [0.5, 0.6) is 0 Å². The molecule has 0 fully saturated rings.